The number of halogens is 1. The summed E-state index contributed by atoms with van der Waals surface area (Å²) in [7, 11) is 0. The lowest BCUT2D eigenvalue weighted by Crippen LogP contribution is -2.03. The molecule has 1 aromatic heterocycles. The Morgan fingerprint density at radius 1 is 1.45 bits per heavy atom. The molecule has 0 saturated heterocycles. The standard InChI is InChI=1S/C12H8ClNO5S/c13-8-2-1-3-9(14(17)18)10(8)19-6-7-4-5-20-11(7)12(15)16/h1-5H,6H2,(H,15,16). The number of hydrogen-bond donors (Lipinski definition) is 1. The van der Waals surface area contributed by atoms with Crippen LogP contribution in [0.3, 0.4) is 0 Å². The normalized spacial score (nSPS) is 10.2. The molecule has 0 bridgehead atoms. The van der Waals surface area contributed by atoms with Crippen molar-refractivity contribution in [3.05, 3.63) is 55.2 Å². The molecule has 0 saturated carbocycles. The van der Waals surface area contributed by atoms with E-state index in [-0.39, 0.29) is 27.9 Å². The number of nitro groups is 1. The molecule has 0 aliphatic heterocycles. The van der Waals surface area contributed by atoms with Gasteiger partial charge in [-0.2, -0.15) is 0 Å². The third-order valence-electron chi connectivity index (χ3n) is 2.46. The van der Waals surface area contributed by atoms with E-state index < -0.39 is 10.9 Å². The first-order valence-corrected chi connectivity index (χ1v) is 6.62. The number of thiophene rings is 1. The number of rotatable bonds is 5. The van der Waals surface area contributed by atoms with Crippen LogP contribution in [-0.2, 0) is 6.61 Å². The lowest BCUT2D eigenvalue weighted by Gasteiger charge is -2.08. The number of ether oxygens (including phenoxy) is 1. The van der Waals surface area contributed by atoms with Gasteiger partial charge in [-0.05, 0) is 17.5 Å². The zero-order chi connectivity index (χ0) is 14.7. The molecule has 2 rings (SSSR count). The molecule has 104 valence electrons. The van der Waals surface area contributed by atoms with Gasteiger partial charge in [-0.15, -0.1) is 11.3 Å². The Morgan fingerprint density at radius 2 is 2.20 bits per heavy atom. The van der Waals surface area contributed by atoms with Gasteiger partial charge < -0.3 is 9.84 Å². The minimum Gasteiger partial charge on any atom is -0.481 e. The monoisotopic (exact) mass is 313 g/mol. The van der Waals surface area contributed by atoms with Crippen LogP contribution in [0.15, 0.2) is 29.6 Å². The van der Waals surface area contributed by atoms with Crippen LogP contribution in [-0.4, -0.2) is 16.0 Å². The minimum atomic E-state index is -1.06. The lowest BCUT2D eigenvalue weighted by atomic mass is 10.2. The first-order chi connectivity index (χ1) is 9.50. The second-order valence-electron chi connectivity index (χ2n) is 3.71. The Labute approximate surface area is 122 Å². The van der Waals surface area contributed by atoms with Crippen LogP contribution in [0.25, 0.3) is 0 Å². The van der Waals surface area contributed by atoms with Crippen molar-refractivity contribution in [2.75, 3.05) is 0 Å². The first-order valence-electron chi connectivity index (χ1n) is 5.36. The fourth-order valence-corrected chi connectivity index (χ4v) is 2.54. The predicted octanol–water partition coefficient (Wildman–Crippen LogP) is 3.59. The first kappa shape index (κ1) is 14.3. The maximum atomic E-state index is 11.0. The van der Waals surface area contributed by atoms with E-state index in [1.165, 1.54) is 18.2 Å². The van der Waals surface area contributed by atoms with Gasteiger partial charge in [0, 0.05) is 11.6 Å². The Bertz CT molecular complexity index is 670. The zero-order valence-electron chi connectivity index (χ0n) is 9.91. The quantitative estimate of drug-likeness (QED) is 0.673. The molecule has 0 radical (unpaired) electrons. The van der Waals surface area contributed by atoms with Crippen molar-refractivity contribution in [3.63, 3.8) is 0 Å². The summed E-state index contributed by atoms with van der Waals surface area (Å²) in [5, 5.41) is 21.6. The average Bonchev–Trinajstić information content (AvgIpc) is 2.85. The summed E-state index contributed by atoms with van der Waals surface area (Å²) in [6.45, 7) is -0.101. The van der Waals surface area contributed by atoms with Crippen LogP contribution >= 0.6 is 22.9 Å². The molecular formula is C12H8ClNO5S. The van der Waals surface area contributed by atoms with Gasteiger partial charge >= 0.3 is 11.7 Å². The van der Waals surface area contributed by atoms with Crippen LogP contribution < -0.4 is 4.74 Å². The summed E-state index contributed by atoms with van der Waals surface area (Å²) < 4.78 is 5.33. The summed E-state index contributed by atoms with van der Waals surface area (Å²) in [5.74, 6) is -1.13. The van der Waals surface area contributed by atoms with Crippen LogP contribution in [0.5, 0.6) is 5.75 Å². The summed E-state index contributed by atoms with van der Waals surface area (Å²) in [6, 6.07) is 5.78. The van der Waals surface area contributed by atoms with Crippen LogP contribution in [0.2, 0.25) is 5.02 Å². The van der Waals surface area contributed by atoms with E-state index in [1.54, 1.807) is 11.4 Å². The van der Waals surface area contributed by atoms with Gasteiger partial charge in [-0.25, -0.2) is 4.79 Å². The zero-order valence-corrected chi connectivity index (χ0v) is 11.5. The molecule has 1 aromatic carbocycles. The van der Waals surface area contributed by atoms with E-state index >= 15 is 0 Å². The number of aromatic carboxylic acids is 1. The predicted molar refractivity (Wildman–Crippen MR) is 73.7 cm³/mol. The molecule has 0 unspecified atom stereocenters. The SMILES string of the molecule is O=C(O)c1sccc1COc1c(Cl)cccc1[N+](=O)[O-]. The number of carbonyl (C=O) groups is 1. The molecule has 20 heavy (non-hydrogen) atoms. The van der Waals surface area contributed by atoms with Crippen molar-refractivity contribution in [1.82, 2.24) is 0 Å². The Morgan fingerprint density at radius 3 is 2.85 bits per heavy atom. The van der Waals surface area contributed by atoms with E-state index in [1.807, 2.05) is 0 Å². The maximum Gasteiger partial charge on any atom is 0.346 e. The number of benzene rings is 1. The molecule has 6 nitrogen and oxygen atoms in total. The maximum absolute atomic E-state index is 11.0. The van der Waals surface area contributed by atoms with Crippen molar-refractivity contribution in [1.29, 1.82) is 0 Å². The summed E-state index contributed by atoms with van der Waals surface area (Å²) in [6.07, 6.45) is 0. The smallest absolute Gasteiger partial charge is 0.346 e. The molecule has 2 aromatic rings. The van der Waals surface area contributed by atoms with Gasteiger partial charge in [0.15, 0.2) is 0 Å². The topological polar surface area (TPSA) is 89.7 Å². The van der Waals surface area contributed by atoms with Gasteiger partial charge in [0.1, 0.15) is 11.5 Å². The molecular weight excluding hydrogens is 306 g/mol. The minimum absolute atomic E-state index is 0.0679. The highest BCUT2D eigenvalue weighted by molar-refractivity contribution is 7.12. The van der Waals surface area contributed by atoms with Crippen molar-refractivity contribution in [2.45, 2.75) is 6.61 Å². The molecule has 1 N–H and O–H groups in total. The van der Waals surface area contributed by atoms with Gasteiger partial charge in [-0.3, -0.25) is 10.1 Å². The highest BCUT2D eigenvalue weighted by Crippen LogP contribution is 2.35. The largest absolute Gasteiger partial charge is 0.481 e. The van der Waals surface area contributed by atoms with Crippen molar-refractivity contribution >= 4 is 34.6 Å². The van der Waals surface area contributed by atoms with Gasteiger partial charge in [-0.1, -0.05) is 17.7 Å². The highest BCUT2D eigenvalue weighted by atomic mass is 35.5. The number of carboxylic acid groups (broad SMARTS) is 1. The average molecular weight is 314 g/mol. The number of para-hydroxylation sites is 1. The van der Waals surface area contributed by atoms with Gasteiger partial charge in [0.25, 0.3) is 0 Å². The van der Waals surface area contributed by atoms with Crippen LogP contribution in [0.4, 0.5) is 5.69 Å². The fraction of sp³-hybridized carbons (Fsp3) is 0.0833. The van der Waals surface area contributed by atoms with Crippen LogP contribution in [0.1, 0.15) is 15.2 Å². The van der Waals surface area contributed by atoms with E-state index in [0.29, 0.717) is 5.56 Å². The van der Waals surface area contributed by atoms with Crippen molar-refractivity contribution in [2.24, 2.45) is 0 Å². The van der Waals surface area contributed by atoms with Gasteiger partial charge in [0.05, 0.1) is 9.95 Å². The molecule has 8 heteroatoms. The number of nitro benzene ring substituents is 1. The van der Waals surface area contributed by atoms with E-state index in [9.17, 15) is 14.9 Å². The highest BCUT2D eigenvalue weighted by Gasteiger charge is 2.19. The number of carboxylic acids is 1. The van der Waals surface area contributed by atoms with Gasteiger partial charge in [0.2, 0.25) is 5.75 Å². The third kappa shape index (κ3) is 2.89. The Balaban J connectivity index is 2.25. The molecule has 0 spiro atoms. The van der Waals surface area contributed by atoms with E-state index in [4.69, 9.17) is 21.4 Å². The van der Waals surface area contributed by atoms with E-state index in [2.05, 4.69) is 0 Å². The fourth-order valence-electron chi connectivity index (χ4n) is 1.57. The molecule has 0 amide bonds. The summed E-state index contributed by atoms with van der Waals surface area (Å²) in [4.78, 5) is 21.4. The lowest BCUT2D eigenvalue weighted by molar-refractivity contribution is -0.385. The van der Waals surface area contributed by atoms with Crippen molar-refractivity contribution in [3.8, 4) is 5.75 Å². The molecule has 0 aliphatic carbocycles. The van der Waals surface area contributed by atoms with Crippen LogP contribution in [0, 0.1) is 10.1 Å². The number of hydrogen-bond acceptors (Lipinski definition) is 5. The second-order valence-corrected chi connectivity index (χ2v) is 5.04. The van der Waals surface area contributed by atoms with Crippen molar-refractivity contribution < 1.29 is 19.6 Å². The summed E-state index contributed by atoms with van der Waals surface area (Å²) >= 11 is 6.93. The Hall–Kier alpha value is -2.12. The molecule has 0 atom stereocenters. The van der Waals surface area contributed by atoms with E-state index in [0.717, 1.165) is 11.3 Å². The number of nitrogens with zero attached hydrogens (tertiary/aromatic N) is 1. The second kappa shape index (κ2) is 5.89. The summed E-state index contributed by atoms with van der Waals surface area (Å²) in [5.41, 5.74) is 0.182. The molecule has 0 fully saturated rings. The third-order valence-corrected chi connectivity index (χ3v) is 3.70. The molecule has 1 heterocycles. The Kier molecular flexibility index (Phi) is 4.21. The molecule has 0 aliphatic rings.